The van der Waals surface area contributed by atoms with E-state index in [1.165, 1.54) is 38.7 Å². The fourth-order valence-corrected chi connectivity index (χ4v) is 4.24. The fraction of sp³-hybridized carbons (Fsp3) is 0.368. The van der Waals surface area contributed by atoms with Crippen molar-refractivity contribution >= 4 is 27.5 Å². The summed E-state index contributed by atoms with van der Waals surface area (Å²) in [6, 6.07) is 13.2. The number of hydrogen-bond acceptors (Lipinski definition) is 0. The molecule has 2 aromatic rings. The number of fused-ring (bicyclic) bond motifs is 1. The SMILES string of the molecule is Cc1cc(C(Cl)C2CCc3ccccc3C2)c(C)cc1Br. The van der Waals surface area contributed by atoms with Gasteiger partial charge in [-0.2, -0.15) is 0 Å². The van der Waals surface area contributed by atoms with Gasteiger partial charge < -0.3 is 0 Å². The first-order chi connectivity index (χ1) is 10.1. The van der Waals surface area contributed by atoms with E-state index < -0.39 is 0 Å². The van der Waals surface area contributed by atoms with Gasteiger partial charge in [0.05, 0.1) is 5.38 Å². The molecule has 0 spiro atoms. The number of rotatable bonds is 2. The molecule has 2 aromatic carbocycles. The summed E-state index contributed by atoms with van der Waals surface area (Å²) in [4.78, 5) is 0. The van der Waals surface area contributed by atoms with Crippen LogP contribution in [0.4, 0.5) is 0 Å². The van der Waals surface area contributed by atoms with Gasteiger partial charge in [0.1, 0.15) is 0 Å². The van der Waals surface area contributed by atoms with Gasteiger partial charge in [0.15, 0.2) is 0 Å². The van der Waals surface area contributed by atoms with Crippen LogP contribution in [-0.4, -0.2) is 0 Å². The summed E-state index contributed by atoms with van der Waals surface area (Å²) < 4.78 is 1.17. The van der Waals surface area contributed by atoms with E-state index in [0.29, 0.717) is 5.92 Å². The molecule has 0 bridgehead atoms. The molecule has 0 nitrogen and oxygen atoms in total. The van der Waals surface area contributed by atoms with Gasteiger partial charge in [0, 0.05) is 4.47 Å². The van der Waals surface area contributed by atoms with Crippen LogP contribution >= 0.6 is 27.5 Å². The molecule has 2 unspecified atom stereocenters. The van der Waals surface area contributed by atoms with Crippen molar-refractivity contribution in [3.63, 3.8) is 0 Å². The number of hydrogen-bond donors (Lipinski definition) is 0. The molecule has 3 rings (SSSR count). The Morgan fingerprint density at radius 1 is 1.10 bits per heavy atom. The molecule has 2 heteroatoms. The smallest absolute Gasteiger partial charge is 0.0619 e. The Morgan fingerprint density at radius 3 is 2.57 bits per heavy atom. The number of halogens is 2. The Bertz CT molecular complexity index is 663. The van der Waals surface area contributed by atoms with Crippen LogP contribution in [0.5, 0.6) is 0 Å². The summed E-state index contributed by atoms with van der Waals surface area (Å²) in [7, 11) is 0. The molecule has 0 amide bonds. The zero-order chi connectivity index (χ0) is 15.0. The topological polar surface area (TPSA) is 0 Å². The third-order valence-electron chi connectivity index (χ3n) is 4.64. The van der Waals surface area contributed by atoms with Crippen molar-refractivity contribution in [1.82, 2.24) is 0 Å². The molecule has 0 heterocycles. The predicted octanol–water partition coefficient (Wildman–Crippen LogP) is 6.15. The fourth-order valence-electron chi connectivity index (χ4n) is 3.33. The van der Waals surface area contributed by atoms with Crippen molar-refractivity contribution in [2.24, 2.45) is 5.92 Å². The number of alkyl halides is 1. The zero-order valence-electron chi connectivity index (χ0n) is 12.5. The summed E-state index contributed by atoms with van der Waals surface area (Å²) in [6.07, 6.45) is 3.43. The lowest BCUT2D eigenvalue weighted by Crippen LogP contribution is -2.19. The largest absolute Gasteiger partial charge is 0.117 e. The average Bonchev–Trinajstić information content (AvgIpc) is 2.50. The minimum absolute atomic E-state index is 0.102. The van der Waals surface area contributed by atoms with Gasteiger partial charge in [-0.15, -0.1) is 11.6 Å². The average molecular weight is 364 g/mol. The summed E-state index contributed by atoms with van der Waals surface area (Å²) >= 11 is 10.5. The quantitative estimate of drug-likeness (QED) is 0.561. The molecule has 0 saturated heterocycles. The van der Waals surface area contributed by atoms with Gasteiger partial charge in [-0.25, -0.2) is 0 Å². The number of aryl methyl sites for hydroxylation is 3. The number of benzene rings is 2. The molecular weight excluding hydrogens is 344 g/mol. The monoisotopic (exact) mass is 362 g/mol. The van der Waals surface area contributed by atoms with E-state index in [2.05, 4.69) is 66.2 Å². The minimum Gasteiger partial charge on any atom is -0.117 e. The highest BCUT2D eigenvalue weighted by atomic mass is 79.9. The summed E-state index contributed by atoms with van der Waals surface area (Å²) in [5.74, 6) is 0.529. The Hall–Kier alpha value is -0.790. The molecule has 110 valence electrons. The molecule has 0 saturated carbocycles. The Labute approximate surface area is 140 Å². The van der Waals surface area contributed by atoms with Crippen molar-refractivity contribution < 1.29 is 0 Å². The van der Waals surface area contributed by atoms with Gasteiger partial charge in [0.2, 0.25) is 0 Å². The highest BCUT2D eigenvalue weighted by Crippen LogP contribution is 2.40. The maximum atomic E-state index is 6.87. The molecule has 0 radical (unpaired) electrons. The lowest BCUT2D eigenvalue weighted by Gasteiger charge is -2.29. The maximum absolute atomic E-state index is 6.87. The van der Waals surface area contributed by atoms with E-state index in [9.17, 15) is 0 Å². The van der Waals surface area contributed by atoms with E-state index >= 15 is 0 Å². The van der Waals surface area contributed by atoms with E-state index in [1.54, 1.807) is 0 Å². The van der Waals surface area contributed by atoms with Crippen LogP contribution in [0.25, 0.3) is 0 Å². The van der Waals surface area contributed by atoms with Gasteiger partial charge in [-0.05, 0) is 72.9 Å². The van der Waals surface area contributed by atoms with Crippen LogP contribution < -0.4 is 0 Å². The highest BCUT2D eigenvalue weighted by molar-refractivity contribution is 9.10. The van der Waals surface area contributed by atoms with Crippen LogP contribution in [0.1, 0.15) is 39.6 Å². The van der Waals surface area contributed by atoms with Crippen LogP contribution in [0.3, 0.4) is 0 Å². The van der Waals surface area contributed by atoms with Crippen molar-refractivity contribution in [2.75, 3.05) is 0 Å². The molecule has 21 heavy (non-hydrogen) atoms. The maximum Gasteiger partial charge on any atom is 0.0619 e. The molecular formula is C19H20BrCl. The summed E-state index contributed by atoms with van der Waals surface area (Å²) in [5, 5.41) is 0.102. The molecule has 1 aliphatic carbocycles. The van der Waals surface area contributed by atoms with Crippen LogP contribution in [0.2, 0.25) is 0 Å². The molecule has 0 fully saturated rings. The second kappa shape index (κ2) is 6.14. The normalized spacial score (nSPS) is 19.1. The van der Waals surface area contributed by atoms with E-state index in [4.69, 9.17) is 11.6 Å². The van der Waals surface area contributed by atoms with Crippen molar-refractivity contribution in [3.8, 4) is 0 Å². The summed E-state index contributed by atoms with van der Waals surface area (Å²) in [6.45, 7) is 4.29. The molecule has 0 aliphatic heterocycles. The van der Waals surface area contributed by atoms with Crippen LogP contribution in [-0.2, 0) is 12.8 Å². The molecule has 0 aromatic heterocycles. The highest BCUT2D eigenvalue weighted by Gasteiger charge is 2.27. The molecule has 0 N–H and O–H groups in total. The lowest BCUT2D eigenvalue weighted by molar-refractivity contribution is 0.442. The third kappa shape index (κ3) is 3.05. The van der Waals surface area contributed by atoms with Gasteiger partial charge >= 0.3 is 0 Å². The Morgan fingerprint density at radius 2 is 1.81 bits per heavy atom. The van der Waals surface area contributed by atoms with Gasteiger partial charge in [-0.3, -0.25) is 0 Å². The predicted molar refractivity (Wildman–Crippen MR) is 94.2 cm³/mol. The first-order valence-corrected chi connectivity index (χ1v) is 8.76. The van der Waals surface area contributed by atoms with Crippen molar-refractivity contribution in [2.45, 2.75) is 38.5 Å². The molecule has 1 aliphatic rings. The van der Waals surface area contributed by atoms with Crippen LogP contribution in [0.15, 0.2) is 40.9 Å². The second-order valence-corrected chi connectivity index (χ2v) is 7.46. The Kier molecular flexibility index (Phi) is 4.42. The summed E-state index contributed by atoms with van der Waals surface area (Å²) in [5.41, 5.74) is 6.82. The van der Waals surface area contributed by atoms with E-state index in [1.807, 2.05) is 0 Å². The standard InChI is InChI=1S/C19H20BrCl/c1-12-10-18(20)13(2)9-17(12)19(21)16-8-7-14-5-3-4-6-15(14)11-16/h3-6,9-10,16,19H,7-8,11H2,1-2H3. The van der Waals surface area contributed by atoms with Crippen molar-refractivity contribution in [1.29, 1.82) is 0 Å². The van der Waals surface area contributed by atoms with E-state index in [-0.39, 0.29) is 5.38 Å². The first-order valence-electron chi connectivity index (χ1n) is 7.53. The van der Waals surface area contributed by atoms with Gasteiger partial charge in [-0.1, -0.05) is 46.3 Å². The second-order valence-electron chi connectivity index (χ2n) is 6.13. The first kappa shape index (κ1) is 15.1. The van der Waals surface area contributed by atoms with Crippen molar-refractivity contribution in [3.05, 3.63) is 68.7 Å². The van der Waals surface area contributed by atoms with Gasteiger partial charge in [0.25, 0.3) is 0 Å². The van der Waals surface area contributed by atoms with E-state index in [0.717, 1.165) is 12.8 Å². The zero-order valence-corrected chi connectivity index (χ0v) is 14.8. The Balaban J connectivity index is 1.87. The van der Waals surface area contributed by atoms with Crippen LogP contribution in [0, 0.1) is 19.8 Å². The minimum atomic E-state index is 0.102. The molecule has 2 atom stereocenters. The third-order valence-corrected chi connectivity index (χ3v) is 6.09. The lowest BCUT2D eigenvalue weighted by atomic mass is 9.80.